The molecule has 1 fully saturated rings. The Bertz CT molecular complexity index is 1290. The zero-order valence-electron chi connectivity index (χ0n) is 22.0. The zero-order chi connectivity index (χ0) is 26.5. The molecule has 2 aliphatic heterocycles. The number of hydrogen-bond acceptors (Lipinski definition) is 4. The first-order valence-electron chi connectivity index (χ1n) is 13.7. The fourth-order valence-electron chi connectivity index (χ4n) is 5.53. The van der Waals surface area contributed by atoms with E-state index in [1.54, 1.807) is 11.0 Å². The van der Waals surface area contributed by atoms with Crippen molar-refractivity contribution < 1.29 is 19.1 Å². The molecule has 202 valence electrons. The molecule has 2 aromatic carbocycles. The van der Waals surface area contributed by atoms with Gasteiger partial charge in [0.2, 0.25) is 0 Å². The maximum Gasteiger partial charge on any atom is 0.270 e. The van der Waals surface area contributed by atoms with Gasteiger partial charge in [0, 0.05) is 29.0 Å². The van der Waals surface area contributed by atoms with Crippen LogP contribution >= 0.6 is 11.6 Å². The van der Waals surface area contributed by atoms with Gasteiger partial charge < -0.3 is 24.3 Å². The Morgan fingerprint density at radius 1 is 1.11 bits per heavy atom. The number of halogens is 1. The lowest BCUT2D eigenvalue weighted by Crippen LogP contribution is -2.62. The van der Waals surface area contributed by atoms with Crippen molar-refractivity contribution in [2.24, 2.45) is 0 Å². The van der Waals surface area contributed by atoms with Crippen molar-refractivity contribution >= 4 is 34.3 Å². The van der Waals surface area contributed by atoms with Crippen LogP contribution in [0, 0.1) is 0 Å². The van der Waals surface area contributed by atoms with Crippen LogP contribution in [0.25, 0.3) is 10.9 Å². The van der Waals surface area contributed by atoms with Crippen LogP contribution in [-0.2, 0) is 16.0 Å². The summed E-state index contributed by atoms with van der Waals surface area (Å²) in [6, 6.07) is 15.5. The van der Waals surface area contributed by atoms with Crippen LogP contribution in [0.3, 0.4) is 0 Å². The molecular weight excluding hydrogens is 502 g/mol. The van der Waals surface area contributed by atoms with Gasteiger partial charge in [0.15, 0.2) is 5.60 Å². The number of morpholine rings is 1. The molecule has 0 saturated carbocycles. The molecule has 8 heteroatoms. The fourth-order valence-corrected chi connectivity index (χ4v) is 5.71. The Kier molecular flexibility index (Phi) is 8.24. The molecule has 3 heterocycles. The first-order chi connectivity index (χ1) is 18.5. The third-order valence-electron chi connectivity index (χ3n) is 7.61. The van der Waals surface area contributed by atoms with E-state index in [4.69, 9.17) is 21.1 Å². The van der Waals surface area contributed by atoms with E-state index < -0.39 is 5.60 Å². The number of aryl methyl sites for hydroxylation is 1. The number of benzene rings is 2. The van der Waals surface area contributed by atoms with E-state index in [2.05, 4.69) is 18.0 Å². The van der Waals surface area contributed by atoms with Crippen LogP contribution < -0.4 is 4.74 Å². The van der Waals surface area contributed by atoms with E-state index in [-0.39, 0.29) is 18.4 Å². The number of unbranched alkanes of at least 4 members (excludes halogenated alkanes) is 1. The highest BCUT2D eigenvalue weighted by molar-refractivity contribution is 6.31. The predicted octanol–water partition coefficient (Wildman–Crippen LogP) is 5.47. The van der Waals surface area contributed by atoms with Gasteiger partial charge >= 0.3 is 0 Å². The maximum atomic E-state index is 14.2. The van der Waals surface area contributed by atoms with Crippen LogP contribution in [0.5, 0.6) is 5.75 Å². The molecule has 0 radical (unpaired) electrons. The number of aromatic amines is 1. The minimum Gasteiger partial charge on any atom is -0.491 e. The third kappa shape index (κ3) is 5.69. The van der Waals surface area contributed by atoms with Crippen LogP contribution in [0.15, 0.2) is 48.5 Å². The molecule has 0 bridgehead atoms. The Morgan fingerprint density at radius 2 is 1.97 bits per heavy atom. The lowest BCUT2D eigenvalue weighted by atomic mass is 9.90. The monoisotopic (exact) mass is 537 g/mol. The summed E-state index contributed by atoms with van der Waals surface area (Å²) in [4.78, 5) is 34.6. The maximum absolute atomic E-state index is 14.2. The van der Waals surface area contributed by atoms with E-state index in [1.165, 1.54) is 5.56 Å². The number of rotatable bonds is 4. The minimum atomic E-state index is -1.06. The lowest BCUT2D eigenvalue weighted by Gasteiger charge is -2.44. The topological polar surface area (TPSA) is 74.9 Å². The number of H-pyrrole nitrogens is 1. The summed E-state index contributed by atoms with van der Waals surface area (Å²) in [5.74, 6) is 0.733. The van der Waals surface area contributed by atoms with E-state index in [9.17, 15) is 9.59 Å². The second kappa shape index (κ2) is 11.8. The van der Waals surface area contributed by atoms with Crippen molar-refractivity contribution in [3.63, 3.8) is 0 Å². The van der Waals surface area contributed by atoms with Gasteiger partial charge in [-0.2, -0.15) is 0 Å². The highest BCUT2D eigenvalue weighted by Crippen LogP contribution is 2.31. The Hall–Kier alpha value is -3.03. The molecule has 2 amide bonds. The lowest BCUT2D eigenvalue weighted by molar-refractivity contribution is -0.170. The number of hydrogen-bond donors (Lipinski definition) is 1. The molecule has 5 rings (SSSR count). The number of para-hydroxylation sites is 1. The SMILES string of the molecule is CCCCN1CCOc2ccccc2CCCCC2(CN(C(=O)c3cc4cc(Cl)ccc4[nH]3)CCO2)C1=O. The zero-order valence-corrected chi connectivity index (χ0v) is 22.8. The fraction of sp³-hybridized carbons (Fsp3) is 0.467. The van der Waals surface area contributed by atoms with Crippen LogP contribution in [-0.4, -0.2) is 71.6 Å². The molecule has 1 atom stereocenters. The molecule has 0 aliphatic carbocycles. The normalized spacial score (nSPS) is 21.1. The standard InChI is InChI=1S/C30H36ClN3O4/c1-2-3-14-33-15-17-37-27-10-5-4-8-22(27)9-6-7-13-30(29(33)36)21-34(16-18-38-30)28(35)26-20-23-19-24(31)11-12-25(23)32-26/h4-5,8,10-12,19-20,32H,2-3,6-7,9,13-18,21H2,1H3. The third-order valence-corrected chi connectivity index (χ3v) is 7.85. The van der Waals surface area contributed by atoms with Crippen LogP contribution in [0.2, 0.25) is 5.02 Å². The van der Waals surface area contributed by atoms with E-state index in [0.29, 0.717) is 50.0 Å². The van der Waals surface area contributed by atoms with Crippen LogP contribution in [0.4, 0.5) is 0 Å². The van der Waals surface area contributed by atoms with E-state index in [1.807, 2.05) is 41.3 Å². The number of nitrogens with zero attached hydrogens (tertiary/aromatic N) is 2. The minimum absolute atomic E-state index is 0.0377. The quantitative estimate of drug-likeness (QED) is 0.479. The number of fused-ring (bicyclic) bond motifs is 2. The van der Waals surface area contributed by atoms with Gasteiger partial charge in [0.05, 0.1) is 19.7 Å². The van der Waals surface area contributed by atoms with Crippen molar-refractivity contribution in [3.8, 4) is 5.75 Å². The molecular formula is C30H36ClN3O4. The summed E-state index contributed by atoms with van der Waals surface area (Å²) in [5, 5.41) is 1.51. The van der Waals surface area contributed by atoms with E-state index in [0.717, 1.165) is 48.8 Å². The van der Waals surface area contributed by atoms with Gasteiger partial charge in [0.25, 0.3) is 11.8 Å². The number of amides is 2. The van der Waals surface area contributed by atoms with Gasteiger partial charge in [-0.1, -0.05) is 43.1 Å². The number of carbonyl (C=O) groups excluding carboxylic acids is 2. The average molecular weight is 538 g/mol. The second-order valence-corrected chi connectivity index (χ2v) is 10.7. The predicted molar refractivity (Wildman–Crippen MR) is 149 cm³/mol. The summed E-state index contributed by atoms with van der Waals surface area (Å²) in [7, 11) is 0. The molecule has 3 aromatic rings. The number of carbonyl (C=O) groups is 2. The second-order valence-electron chi connectivity index (χ2n) is 10.3. The van der Waals surface area contributed by atoms with Crippen molar-refractivity contribution in [1.29, 1.82) is 0 Å². The molecule has 1 N–H and O–H groups in total. The van der Waals surface area contributed by atoms with Crippen molar-refractivity contribution in [3.05, 3.63) is 64.8 Å². The highest BCUT2D eigenvalue weighted by atomic mass is 35.5. The van der Waals surface area contributed by atoms with E-state index >= 15 is 0 Å². The summed E-state index contributed by atoms with van der Waals surface area (Å²) in [6.07, 6.45) is 5.05. The largest absolute Gasteiger partial charge is 0.491 e. The average Bonchev–Trinajstić information content (AvgIpc) is 3.35. The van der Waals surface area contributed by atoms with Crippen LogP contribution in [0.1, 0.15) is 55.1 Å². The Balaban J connectivity index is 1.40. The Labute approximate surface area is 229 Å². The Morgan fingerprint density at radius 3 is 2.84 bits per heavy atom. The van der Waals surface area contributed by atoms with Crippen molar-refractivity contribution in [1.82, 2.24) is 14.8 Å². The van der Waals surface area contributed by atoms with Gasteiger partial charge in [-0.25, -0.2) is 0 Å². The van der Waals surface area contributed by atoms with Gasteiger partial charge in [0.1, 0.15) is 18.1 Å². The molecule has 7 nitrogen and oxygen atoms in total. The molecule has 1 spiro atoms. The van der Waals surface area contributed by atoms with Gasteiger partial charge in [-0.05, 0) is 68.0 Å². The van der Waals surface area contributed by atoms with Gasteiger partial charge in [-0.15, -0.1) is 0 Å². The molecule has 2 aliphatic rings. The molecule has 38 heavy (non-hydrogen) atoms. The molecule has 1 unspecified atom stereocenters. The number of aromatic nitrogens is 1. The first kappa shape index (κ1) is 26.6. The molecule has 1 saturated heterocycles. The smallest absolute Gasteiger partial charge is 0.270 e. The van der Waals surface area contributed by atoms with Crippen molar-refractivity contribution in [2.45, 2.75) is 51.0 Å². The van der Waals surface area contributed by atoms with Crippen molar-refractivity contribution in [2.75, 3.05) is 39.4 Å². The summed E-state index contributed by atoms with van der Waals surface area (Å²) in [5.41, 5.74) is 1.48. The number of ether oxygens (including phenoxy) is 2. The van der Waals surface area contributed by atoms with Gasteiger partial charge in [-0.3, -0.25) is 9.59 Å². The first-order valence-corrected chi connectivity index (χ1v) is 14.1. The summed E-state index contributed by atoms with van der Waals surface area (Å²) >= 11 is 6.15. The molecule has 1 aromatic heterocycles. The number of nitrogens with one attached hydrogen (secondary N) is 1. The highest BCUT2D eigenvalue weighted by Gasteiger charge is 2.46. The summed E-state index contributed by atoms with van der Waals surface area (Å²) in [6.45, 7) is 4.66. The summed E-state index contributed by atoms with van der Waals surface area (Å²) < 4.78 is 12.5.